The second kappa shape index (κ2) is 9.10. The second-order valence-electron chi connectivity index (χ2n) is 5.82. The van der Waals surface area contributed by atoms with Crippen molar-refractivity contribution in [2.45, 2.75) is 25.7 Å². The first-order chi connectivity index (χ1) is 11.2. The molecule has 0 unspecified atom stereocenters. The van der Waals surface area contributed by atoms with Crippen molar-refractivity contribution in [3.63, 3.8) is 0 Å². The lowest BCUT2D eigenvalue weighted by atomic mass is 9.93. The Morgan fingerprint density at radius 3 is 2.74 bits per heavy atom. The van der Waals surface area contributed by atoms with Gasteiger partial charge in [0, 0.05) is 13.0 Å². The Labute approximate surface area is 137 Å². The molecule has 5 heteroatoms. The Balaban J connectivity index is 1.89. The highest BCUT2D eigenvalue weighted by molar-refractivity contribution is 6.03. The second-order valence-corrected chi connectivity index (χ2v) is 5.82. The maximum atomic E-state index is 12.2. The first-order valence-electron chi connectivity index (χ1n) is 8.19. The van der Waals surface area contributed by atoms with E-state index in [2.05, 4.69) is 22.5 Å². The summed E-state index contributed by atoms with van der Waals surface area (Å²) in [4.78, 5) is 24.3. The van der Waals surface area contributed by atoms with Crippen LogP contribution >= 0.6 is 0 Å². The number of nitrogens with one attached hydrogen (secondary N) is 3. The van der Waals surface area contributed by atoms with E-state index in [0.717, 1.165) is 32.4 Å². The van der Waals surface area contributed by atoms with E-state index in [1.54, 1.807) is 24.3 Å². The molecule has 124 valence electrons. The Bertz CT molecular complexity index is 551. The lowest BCUT2D eigenvalue weighted by Crippen LogP contribution is -2.28. The molecule has 0 bridgehead atoms. The summed E-state index contributed by atoms with van der Waals surface area (Å²) in [6.45, 7) is 6.06. The maximum absolute atomic E-state index is 12.2. The van der Waals surface area contributed by atoms with Crippen LogP contribution in [0.2, 0.25) is 0 Å². The molecular weight excluding hydrogens is 290 g/mol. The van der Waals surface area contributed by atoms with E-state index < -0.39 is 0 Å². The van der Waals surface area contributed by atoms with E-state index in [4.69, 9.17) is 0 Å². The number of hydrogen-bond acceptors (Lipinski definition) is 3. The third-order valence-corrected chi connectivity index (χ3v) is 4.09. The summed E-state index contributed by atoms with van der Waals surface area (Å²) in [6, 6.07) is 7.06. The Morgan fingerprint density at radius 1 is 1.26 bits per heavy atom. The van der Waals surface area contributed by atoms with Gasteiger partial charge in [0.05, 0.1) is 11.3 Å². The zero-order valence-corrected chi connectivity index (χ0v) is 13.4. The number of hydrogen-bond donors (Lipinski definition) is 3. The van der Waals surface area contributed by atoms with Gasteiger partial charge in [-0.1, -0.05) is 18.2 Å². The minimum atomic E-state index is -0.209. The Hall–Kier alpha value is -2.14. The first kappa shape index (κ1) is 17.2. The average molecular weight is 315 g/mol. The number of anilines is 1. The topological polar surface area (TPSA) is 70.2 Å². The molecule has 1 aliphatic heterocycles. The van der Waals surface area contributed by atoms with Crippen molar-refractivity contribution in [1.29, 1.82) is 0 Å². The fourth-order valence-corrected chi connectivity index (χ4v) is 2.77. The molecule has 1 aromatic carbocycles. The molecule has 23 heavy (non-hydrogen) atoms. The molecule has 1 heterocycles. The molecule has 1 saturated heterocycles. The zero-order valence-electron chi connectivity index (χ0n) is 13.4. The summed E-state index contributed by atoms with van der Waals surface area (Å²) in [6.07, 6.45) is 5.28. The van der Waals surface area contributed by atoms with E-state index in [1.807, 2.05) is 6.07 Å². The van der Waals surface area contributed by atoms with Crippen LogP contribution in [0.4, 0.5) is 5.69 Å². The van der Waals surface area contributed by atoms with Crippen LogP contribution in [0.3, 0.4) is 0 Å². The van der Waals surface area contributed by atoms with Gasteiger partial charge in [-0.15, -0.1) is 6.58 Å². The van der Waals surface area contributed by atoms with E-state index >= 15 is 0 Å². The van der Waals surface area contributed by atoms with Crippen molar-refractivity contribution in [1.82, 2.24) is 10.6 Å². The number of amides is 2. The van der Waals surface area contributed by atoms with Crippen molar-refractivity contribution in [2.24, 2.45) is 5.92 Å². The maximum Gasteiger partial charge on any atom is 0.253 e. The van der Waals surface area contributed by atoms with Gasteiger partial charge in [0.25, 0.3) is 5.91 Å². The Morgan fingerprint density at radius 2 is 2.00 bits per heavy atom. The number of carbonyl (C=O) groups is 2. The van der Waals surface area contributed by atoms with Crippen LogP contribution in [-0.2, 0) is 4.79 Å². The first-order valence-corrected chi connectivity index (χ1v) is 8.19. The van der Waals surface area contributed by atoms with E-state index in [-0.39, 0.29) is 11.8 Å². The summed E-state index contributed by atoms with van der Waals surface area (Å²) in [5, 5.41) is 8.92. The highest BCUT2D eigenvalue weighted by Gasteiger charge is 2.16. The third kappa shape index (κ3) is 5.53. The highest BCUT2D eigenvalue weighted by Crippen LogP contribution is 2.19. The molecule has 2 amide bonds. The molecule has 5 nitrogen and oxygen atoms in total. The van der Waals surface area contributed by atoms with Gasteiger partial charge in [0.15, 0.2) is 0 Å². The summed E-state index contributed by atoms with van der Waals surface area (Å²) in [5.41, 5.74) is 1.04. The van der Waals surface area contributed by atoms with Crippen molar-refractivity contribution >= 4 is 17.5 Å². The number of para-hydroxylation sites is 1. The van der Waals surface area contributed by atoms with Gasteiger partial charge in [0.1, 0.15) is 0 Å². The van der Waals surface area contributed by atoms with Gasteiger partial charge in [-0.05, 0) is 50.4 Å². The fourth-order valence-electron chi connectivity index (χ4n) is 2.77. The molecule has 0 spiro atoms. The van der Waals surface area contributed by atoms with Crippen LogP contribution < -0.4 is 16.0 Å². The predicted octanol–water partition coefficient (Wildman–Crippen LogP) is 2.32. The molecule has 0 radical (unpaired) electrons. The molecule has 0 aliphatic carbocycles. The van der Waals surface area contributed by atoms with Gasteiger partial charge in [-0.2, -0.15) is 0 Å². The van der Waals surface area contributed by atoms with E-state index in [9.17, 15) is 9.59 Å². The molecular formula is C18H25N3O2. The Kier molecular flexibility index (Phi) is 6.81. The third-order valence-electron chi connectivity index (χ3n) is 4.09. The number of carbonyl (C=O) groups excluding carboxylic acids is 2. The van der Waals surface area contributed by atoms with E-state index in [0.29, 0.717) is 30.1 Å². The quantitative estimate of drug-likeness (QED) is 0.676. The molecule has 1 fully saturated rings. The van der Waals surface area contributed by atoms with Crippen molar-refractivity contribution in [2.75, 3.05) is 25.0 Å². The van der Waals surface area contributed by atoms with E-state index in [1.165, 1.54) is 0 Å². The lowest BCUT2D eigenvalue weighted by molar-refractivity contribution is -0.116. The van der Waals surface area contributed by atoms with Crippen molar-refractivity contribution in [3.8, 4) is 0 Å². The molecule has 0 atom stereocenters. The number of rotatable bonds is 7. The van der Waals surface area contributed by atoms with Crippen molar-refractivity contribution in [3.05, 3.63) is 42.5 Å². The highest BCUT2D eigenvalue weighted by atomic mass is 16.2. The minimum Gasteiger partial charge on any atom is -0.349 e. The molecule has 0 saturated carbocycles. The lowest BCUT2D eigenvalue weighted by Gasteiger charge is -2.22. The number of benzene rings is 1. The van der Waals surface area contributed by atoms with Gasteiger partial charge in [-0.25, -0.2) is 0 Å². The van der Waals surface area contributed by atoms with Crippen LogP contribution in [0.15, 0.2) is 36.9 Å². The van der Waals surface area contributed by atoms with Crippen LogP contribution in [0, 0.1) is 5.92 Å². The van der Waals surface area contributed by atoms with Crippen LogP contribution in [0.5, 0.6) is 0 Å². The predicted molar refractivity (Wildman–Crippen MR) is 92.4 cm³/mol. The minimum absolute atomic E-state index is 0.0347. The largest absolute Gasteiger partial charge is 0.349 e. The van der Waals surface area contributed by atoms with Gasteiger partial charge >= 0.3 is 0 Å². The molecule has 2 rings (SSSR count). The smallest absolute Gasteiger partial charge is 0.253 e. The summed E-state index contributed by atoms with van der Waals surface area (Å²) in [7, 11) is 0. The van der Waals surface area contributed by atoms with Gasteiger partial charge in [0.2, 0.25) is 5.91 Å². The molecule has 3 N–H and O–H groups in total. The van der Waals surface area contributed by atoms with Crippen LogP contribution in [-0.4, -0.2) is 31.4 Å². The normalized spacial score (nSPS) is 15.0. The molecule has 1 aliphatic rings. The SMILES string of the molecule is C=CCNC(=O)c1ccccc1NC(=O)CCC1CCNCC1. The molecule has 1 aromatic rings. The van der Waals surface area contributed by atoms with Gasteiger partial charge in [-0.3, -0.25) is 9.59 Å². The fraction of sp³-hybridized carbons (Fsp3) is 0.444. The standard InChI is InChI=1S/C18H25N3O2/c1-2-11-20-18(23)15-5-3-4-6-16(15)21-17(22)8-7-14-9-12-19-13-10-14/h2-6,14,19H,1,7-13H2,(H,20,23)(H,21,22). The number of piperidine rings is 1. The summed E-state index contributed by atoms with van der Waals surface area (Å²) in [5.74, 6) is 0.375. The van der Waals surface area contributed by atoms with Crippen LogP contribution in [0.1, 0.15) is 36.0 Å². The van der Waals surface area contributed by atoms with Crippen LogP contribution in [0.25, 0.3) is 0 Å². The average Bonchev–Trinajstić information content (AvgIpc) is 2.59. The molecule has 0 aromatic heterocycles. The van der Waals surface area contributed by atoms with Crippen molar-refractivity contribution < 1.29 is 9.59 Å². The van der Waals surface area contributed by atoms with Gasteiger partial charge < -0.3 is 16.0 Å². The summed E-state index contributed by atoms with van der Waals surface area (Å²) < 4.78 is 0. The zero-order chi connectivity index (χ0) is 16.5. The summed E-state index contributed by atoms with van der Waals surface area (Å²) >= 11 is 0. The monoisotopic (exact) mass is 315 g/mol.